The Kier molecular flexibility index (Phi) is 4.24. The molecule has 0 saturated carbocycles. The van der Waals surface area contributed by atoms with Crippen LogP contribution in [0.1, 0.15) is 13.3 Å². The first-order chi connectivity index (χ1) is 11.1. The number of allylic oxidation sites excluding steroid dienone is 1. The molecule has 1 atom stereocenters. The largest absolute Gasteiger partial charge is 0.353 e. The Hall–Kier alpha value is -2.88. The van der Waals surface area contributed by atoms with E-state index >= 15 is 0 Å². The molecule has 2 aromatic carbocycles. The Bertz CT molecular complexity index is 738. The number of amides is 1. The summed E-state index contributed by atoms with van der Waals surface area (Å²) >= 11 is 0. The summed E-state index contributed by atoms with van der Waals surface area (Å²) in [6.07, 6.45) is 2.13. The van der Waals surface area contributed by atoms with Crippen LogP contribution in [0.2, 0.25) is 0 Å². The smallest absolute Gasteiger partial charge is 0.224 e. The standard InChI is InChI=1S/C19H18N2O2/c1-14(22)21(16-10-6-3-7-11-16)17-12-18(19(23)13-17)20-15-8-4-2-5-9-15/h2-12,17,20H,13H2,1H3/t17-/m1/s1. The van der Waals surface area contributed by atoms with Crippen LogP contribution in [0, 0.1) is 0 Å². The molecule has 0 unspecified atom stereocenters. The highest BCUT2D eigenvalue weighted by Gasteiger charge is 2.31. The number of ketones is 1. The molecule has 0 aliphatic heterocycles. The number of nitrogens with zero attached hydrogens (tertiary/aromatic N) is 1. The highest BCUT2D eigenvalue weighted by atomic mass is 16.2. The molecule has 4 nitrogen and oxygen atoms in total. The van der Waals surface area contributed by atoms with E-state index in [1.165, 1.54) is 6.92 Å². The Morgan fingerprint density at radius 2 is 1.65 bits per heavy atom. The van der Waals surface area contributed by atoms with E-state index in [1.807, 2.05) is 66.7 Å². The van der Waals surface area contributed by atoms with Gasteiger partial charge in [-0.3, -0.25) is 9.59 Å². The van der Waals surface area contributed by atoms with Gasteiger partial charge in [0.2, 0.25) is 5.91 Å². The summed E-state index contributed by atoms with van der Waals surface area (Å²) in [5, 5.41) is 3.14. The van der Waals surface area contributed by atoms with Crippen LogP contribution < -0.4 is 10.2 Å². The van der Waals surface area contributed by atoms with Crippen LogP contribution in [0.25, 0.3) is 0 Å². The van der Waals surface area contributed by atoms with Gasteiger partial charge in [0.15, 0.2) is 5.78 Å². The lowest BCUT2D eigenvalue weighted by Crippen LogP contribution is -2.37. The maximum absolute atomic E-state index is 12.3. The third kappa shape index (κ3) is 3.31. The van der Waals surface area contributed by atoms with E-state index in [0.29, 0.717) is 12.1 Å². The first-order valence-corrected chi connectivity index (χ1v) is 7.57. The number of hydrogen-bond acceptors (Lipinski definition) is 3. The Balaban J connectivity index is 1.85. The molecule has 0 fully saturated rings. The Labute approximate surface area is 135 Å². The summed E-state index contributed by atoms with van der Waals surface area (Å²) in [6.45, 7) is 1.52. The summed E-state index contributed by atoms with van der Waals surface area (Å²) in [5.74, 6) is -0.0627. The van der Waals surface area contributed by atoms with Crippen molar-refractivity contribution in [3.8, 4) is 0 Å². The summed E-state index contributed by atoms with van der Waals surface area (Å²) in [4.78, 5) is 26.0. The number of benzene rings is 2. The second-order valence-corrected chi connectivity index (χ2v) is 5.49. The van der Waals surface area contributed by atoms with Crippen LogP contribution in [0.3, 0.4) is 0 Å². The molecule has 0 aromatic heterocycles. The molecule has 0 heterocycles. The van der Waals surface area contributed by atoms with Crippen molar-refractivity contribution in [1.82, 2.24) is 0 Å². The highest BCUT2D eigenvalue weighted by Crippen LogP contribution is 2.26. The number of para-hydroxylation sites is 2. The SMILES string of the molecule is CC(=O)N(c1ccccc1)[C@@H]1C=C(Nc2ccccc2)C(=O)C1. The van der Waals surface area contributed by atoms with Crippen molar-refractivity contribution < 1.29 is 9.59 Å². The minimum Gasteiger partial charge on any atom is -0.353 e. The summed E-state index contributed by atoms with van der Waals surface area (Å²) in [6, 6.07) is 18.7. The normalized spacial score (nSPS) is 16.8. The molecule has 1 N–H and O–H groups in total. The quantitative estimate of drug-likeness (QED) is 0.942. The third-order valence-electron chi connectivity index (χ3n) is 3.81. The van der Waals surface area contributed by atoms with Gasteiger partial charge >= 0.3 is 0 Å². The van der Waals surface area contributed by atoms with Crippen molar-refractivity contribution in [2.75, 3.05) is 10.2 Å². The Morgan fingerprint density at radius 1 is 1.04 bits per heavy atom. The fourth-order valence-electron chi connectivity index (χ4n) is 2.79. The Morgan fingerprint density at radius 3 is 2.26 bits per heavy atom. The average Bonchev–Trinajstić information content (AvgIpc) is 2.89. The van der Waals surface area contributed by atoms with Gasteiger partial charge < -0.3 is 10.2 Å². The predicted octanol–water partition coefficient (Wildman–Crippen LogP) is 3.38. The maximum Gasteiger partial charge on any atom is 0.224 e. The van der Waals surface area contributed by atoms with Gasteiger partial charge in [0.05, 0.1) is 11.7 Å². The van der Waals surface area contributed by atoms with Crippen LogP contribution in [0.5, 0.6) is 0 Å². The second-order valence-electron chi connectivity index (χ2n) is 5.49. The molecule has 0 radical (unpaired) electrons. The van der Waals surface area contributed by atoms with Gasteiger partial charge in [0, 0.05) is 24.7 Å². The number of Topliss-reactive ketones (excluding diaryl/α,β-unsaturated/α-hetero) is 1. The van der Waals surface area contributed by atoms with Crippen molar-refractivity contribution in [3.63, 3.8) is 0 Å². The van der Waals surface area contributed by atoms with Crippen LogP contribution in [0.15, 0.2) is 72.4 Å². The van der Waals surface area contributed by atoms with Crippen LogP contribution in [-0.4, -0.2) is 17.7 Å². The van der Waals surface area contributed by atoms with E-state index in [4.69, 9.17) is 0 Å². The lowest BCUT2D eigenvalue weighted by Gasteiger charge is -2.26. The second kappa shape index (κ2) is 6.48. The molecule has 116 valence electrons. The maximum atomic E-state index is 12.3. The minimum absolute atomic E-state index is 0.0148. The van der Waals surface area contributed by atoms with Gasteiger partial charge in [-0.15, -0.1) is 0 Å². The van der Waals surface area contributed by atoms with E-state index < -0.39 is 0 Å². The monoisotopic (exact) mass is 306 g/mol. The molecule has 1 aliphatic carbocycles. The van der Waals surface area contributed by atoms with Gasteiger partial charge in [-0.05, 0) is 30.3 Å². The van der Waals surface area contributed by atoms with Gasteiger partial charge in [-0.2, -0.15) is 0 Å². The molecule has 0 bridgehead atoms. The van der Waals surface area contributed by atoms with Crippen molar-refractivity contribution in [2.45, 2.75) is 19.4 Å². The molecular weight excluding hydrogens is 288 g/mol. The molecule has 1 amide bonds. The zero-order chi connectivity index (χ0) is 16.2. The van der Waals surface area contributed by atoms with Crippen LogP contribution in [0.4, 0.5) is 11.4 Å². The van der Waals surface area contributed by atoms with Gasteiger partial charge in [-0.1, -0.05) is 36.4 Å². The van der Waals surface area contributed by atoms with Crippen LogP contribution in [-0.2, 0) is 9.59 Å². The summed E-state index contributed by atoms with van der Waals surface area (Å²) in [7, 11) is 0. The zero-order valence-corrected chi connectivity index (χ0v) is 12.9. The molecule has 2 aromatic rings. The first kappa shape index (κ1) is 15.0. The number of rotatable bonds is 4. The first-order valence-electron chi connectivity index (χ1n) is 7.57. The summed E-state index contributed by atoms with van der Waals surface area (Å²) < 4.78 is 0. The molecule has 1 aliphatic rings. The van der Waals surface area contributed by atoms with E-state index in [-0.39, 0.29) is 17.7 Å². The van der Waals surface area contributed by atoms with Crippen LogP contribution >= 0.6 is 0 Å². The molecular formula is C19H18N2O2. The predicted molar refractivity (Wildman–Crippen MR) is 91.2 cm³/mol. The van der Waals surface area contributed by atoms with E-state index in [0.717, 1.165) is 11.4 Å². The van der Waals surface area contributed by atoms with Gasteiger partial charge in [0.25, 0.3) is 0 Å². The van der Waals surface area contributed by atoms with Gasteiger partial charge in [-0.25, -0.2) is 0 Å². The molecule has 23 heavy (non-hydrogen) atoms. The highest BCUT2D eigenvalue weighted by molar-refractivity contribution is 6.03. The van der Waals surface area contributed by atoms with Crippen molar-refractivity contribution in [1.29, 1.82) is 0 Å². The lowest BCUT2D eigenvalue weighted by molar-refractivity contribution is -0.117. The zero-order valence-electron chi connectivity index (χ0n) is 12.9. The van der Waals surface area contributed by atoms with E-state index in [2.05, 4.69) is 5.32 Å². The number of anilines is 2. The summed E-state index contributed by atoms with van der Waals surface area (Å²) in [5.41, 5.74) is 2.21. The van der Waals surface area contributed by atoms with E-state index in [9.17, 15) is 9.59 Å². The fourth-order valence-corrected chi connectivity index (χ4v) is 2.79. The molecule has 4 heteroatoms. The number of carbonyl (C=O) groups excluding carboxylic acids is 2. The molecule has 0 saturated heterocycles. The van der Waals surface area contributed by atoms with Crippen molar-refractivity contribution >= 4 is 23.1 Å². The number of nitrogens with one attached hydrogen (secondary N) is 1. The van der Waals surface area contributed by atoms with E-state index in [1.54, 1.807) is 4.90 Å². The number of carbonyl (C=O) groups is 2. The molecule has 0 spiro atoms. The lowest BCUT2D eigenvalue weighted by atomic mass is 10.2. The van der Waals surface area contributed by atoms with Gasteiger partial charge in [0.1, 0.15) is 0 Å². The fraction of sp³-hybridized carbons (Fsp3) is 0.158. The molecule has 3 rings (SSSR count). The third-order valence-corrected chi connectivity index (χ3v) is 3.81. The average molecular weight is 306 g/mol. The van der Waals surface area contributed by atoms with Crippen molar-refractivity contribution in [2.24, 2.45) is 0 Å². The minimum atomic E-state index is -0.256. The topological polar surface area (TPSA) is 49.4 Å². The van der Waals surface area contributed by atoms with Crippen molar-refractivity contribution in [3.05, 3.63) is 72.4 Å². The number of hydrogen-bond donors (Lipinski definition) is 1.